The number of carboxylic acids is 1. The van der Waals surface area contributed by atoms with E-state index in [-0.39, 0.29) is 5.92 Å². The second-order valence-electron chi connectivity index (χ2n) is 5.11. The maximum Gasteiger partial charge on any atom is 0.313 e. The van der Waals surface area contributed by atoms with Crippen LogP contribution >= 0.6 is 0 Å². The summed E-state index contributed by atoms with van der Waals surface area (Å²) in [6, 6.07) is 5.99. The molecule has 0 aliphatic heterocycles. The lowest BCUT2D eigenvalue weighted by molar-refractivity contribution is -0.207. The van der Waals surface area contributed by atoms with Crippen molar-refractivity contribution in [2.24, 2.45) is 5.92 Å². The van der Waals surface area contributed by atoms with Crippen LogP contribution in [0.15, 0.2) is 24.3 Å². The SMILES string of the molecule is CCCC(C)C(O)(O)c1ccc(C(CO)C(=O)O)cc1. The number of aliphatic carboxylic acids is 1. The predicted molar refractivity (Wildman–Crippen MR) is 74.1 cm³/mol. The number of hydrogen-bond acceptors (Lipinski definition) is 4. The number of hydrogen-bond donors (Lipinski definition) is 4. The Hall–Kier alpha value is -1.43. The third-order valence-electron chi connectivity index (χ3n) is 3.63. The summed E-state index contributed by atoms with van der Waals surface area (Å²) < 4.78 is 0. The van der Waals surface area contributed by atoms with Crippen LogP contribution in [0.4, 0.5) is 0 Å². The molecular weight excluding hydrogens is 260 g/mol. The van der Waals surface area contributed by atoms with Gasteiger partial charge in [-0.2, -0.15) is 0 Å². The summed E-state index contributed by atoms with van der Waals surface area (Å²) in [5.41, 5.74) is 0.756. The van der Waals surface area contributed by atoms with Crippen molar-refractivity contribution in [3.63, 3.8) is 0 Å². The lowest BCUT2D eigenvalue weighted by atomic mass is 9.88. The molecule has 2 unspecified atom stereocenters. The fraction of sp³-hybridized carbons (Fsp3) is 0.533. The molecule has 0 saturated carbocycles. The van der Waals surface area contributed by atoms with Gasteiger partial charge in [-0.25, -0.2) is 0 Å². The van der Waals surface area contributed by atoms with E-state index in [4.69, 9.17) is 10.2 Å². The molecule has 0 aromatic heterocycles. The Labute approximate surface area is 118 Å². The van der Waals surface area contributed by atoms with Crippen LogP contribution in [-0.2, 0) is 10.6 Å². The maximum atomic E-state index is 10.9. The minimum Gasteiger partial charge on any atom is -0.481 e. The molecule has 0 saturated heterocycles. The summed E-state index contributed by atoms with van der Waals surface area (Å²) in [4.78, 5) is 10.9. The van der Waals surface area contributed by atoms with E-state index in [2.05, 4.69) is 0 Å². The standard InChI is InChI=1S/C15H22O5/c1-3-4-10(2)15(19,20)12-7-5-11(6-8-12)13(9-16)14(17)18/h5-8,10,13,16,19-20H,3-4,9H2,1-2H3,(H,17,18). The monoisotopic (exact) mass is 282 g/mol. The van der Waals surface area contributed by atoms with Gasteiger partial charge in [0.2, 0.25) is 0 Å². The molecule has 4 N–H and O–H groups in total. The molecular formula is C15H22O5. The highest BCUT2D eigenvalue weighted by Crippen LogP contribution is 2.30. The van der Waals surface area contributed by atoms with E-state index < -0.39 is 24.3 Å². The Kier molecular flexibility index (Phi) is 5.68. The van der Waals surface area contributed by atoms with Gasteiger partial charge in [0.15, 0.2) is 5.79 Å². The van der Waals surface area contributed by atoms with Gasteiger partial charge < -0.3 is 20.4 Å². The number of aliphatic hydroxyl groups is 3. The van der Waals surface area contributed by atoms with Crippen LogP contribution < -0.4 is 0 Å². The number of aliphatic hydroxyl groups excluding tert-OH is 1. The quantitative estimate of drug-likeness (QED) is 0.567. The number of carboxylic acid groups (broad SMARTS) is 1. The Morgan fingerprint density at radius 2 is 1.80 bits per heavy atom. The van der Waals surface area contributed by atoms with Gasteiger partial charge in [0.05, 0.1) is 6.61 Å². The topological polar surface area (TPSA) is 98.0 Å². The van der Waals surface area contributed by atoms with Crippen LogP contribution in [0.2, 0.25) is 0 Å². The zero-order chi connectivity index (χ0) is 15.3. The highest BCUT2D eigenvalue weighted by Gasteiger charge is 2.32. The smallest absolute Gasteiger partial charge is 0.313 e. The molecule has 5 heteroatoms. The van der Waals surface area contributed by atoms with E-state index in [1.807, 2.05) is 6.92 Å². The second-order valence-corrected chi connectivity index (χ2v) is 5.11. The van der Waals surface area contributed by atoms with Crippen molar-refractivity contribution < 1.29 is 25.2 Å². The Bertz CT molecular complexity index is 438. The van der Waals surface area contributed by atoms with E-state index in [0.29, 0.717) is 17.5 Å². The highest BCUT2D eigenvalue weighted by molar-refractivity contribution is 5.76. The minimum absolute atomic E-state index is 0.323. The van der Waals surface area contributed by atoms with Crippen molar-refractivity contribution in [1.29, 1.82) is 0 Å². The molecule has 0 radical (unpaired) electrons. The largest absolute Gasteiger partial charge is 0.481 e. The first kappa shape index (κ1) is 16.6. The van der Waals surface area contributed by atoms with Crippen LogP contribution in [-0.4, -0.2) is 33.0 Å². The minimum atomic E-state index is -1.94. The molecule has 0 spiro atoms. The fourth-order valence-electron chi connectivity index (χ4n) is 2.21. The molecule has 112 valence electrons. The van der Waals surface area contributed by atoms with Crippen LogP contribution in [0.1, 0.15) is 43.7 Å². The first-order chi connectivity index (χ1) is 9.34. The summed E-state index contributed by atoms with van der Waals surface area (Å²) in [5.74, 6) is -4.37. The van der Waals surface area contributed by atoms with Crippen molar-refractivity contribution in [3.05, 3.63) is 35.4 Å². The third kappa shape index (κ3) is 3.56. The van der Waals surface area contributed by atoms with Gasteiger partial charge in [-0.15, -0.1) is 0 Å². The van der Waals surface area contributed by atoms with Gasteiger partial charge in [0.25, 0.3) is 0 Å². The van der Waals surface area contributed by atoms with Gasteiger partial charge in [0.1, 0.15) is 5.92 Å². The molecule has 1 rings (SSSR count). The van der Waals surface area contributed by atoms with Gasteiger partial charge in [-0.05, 0) is 12.0 Å². The molecule has 0 aliphatic carbocycles. The summed E-state index contributed by atoms with van der Waals surface area (Å²) in [7, 11) is 0. The Morgan fingerprint density at radius 3 is 2.20 bits per heavy atom. The third-order valence-corrected chi connectivity index (χ3v) is 3.63. The molecule has 0 heterocycles. The van der Waals surface area contributed by atoms with Gasteiger partial charge in [-0.1, -0.05) is 44.5 Å². The molecule has 2 atom stereocenters. The molecule has 5 nitrogen and oxygen atoms in total. The van der Waals surface area contributed by atoms with Gasteiger partial charge >= 0.3 is 5.97 Å². The van der Waals surface area contributed by atoms with Crippen molar-refractivity contribution in [1.82, 2.24) is 0 Å². The van der Waals surface area contributed by atoms with Crippen molar-refractivity contribution in [2.75, 3.05) is 6.61 Å². The summed E-state index contributed by atoms with van der Waals surface area (Å²) >= 11 is 0. The van der Waals surface area contributed by atoms with Gasteiger partial charge in [-0.3, -0.25) is 4.79 Å². The average Bonchev–Trinajstić information content (AvgIpc) is 2.40. The maximum absolute atomic E-state index is 10.9. The number of rotatable bonds is 7. The van der Waals surface area contributed by atoms with Crippen LogP contribution in [0.5, 0.6) is 0 Å². The molecule has 0 bridgehead atoms. The zero-order valence-corrected chi connectivity index (χ0v) is 11.8. The first-order valence-corrected chi connectivity index (χ1v) is 6.73. The van der Waals surface area contributed by atoms with Crippen molar-refractivity contribution in [2.45, 2.75) is 38.4 Å². The Morgan fingerprint density at radius 1 is 1.25 bits per heavy atom. The Balaban J connectivity index is 2.98. The predicted octanol–water partition coefficient (Wildman–Crippen LogP) is 1.42. The molecule has 0 fully saturated rings. The normalized spacial score (nSPS) is 14.8. The average molecular weight is 282 g/mol. The second kappa shape index (κ2) is 6.83. The van der Waals surface area contributed by atoms with E-state index in [1.165, 1.54) is 24.3 Å². The molecule has 0 amide bonds. The van der Waals surface area contributed by atoms with E-state index >= 15 is 0 Å². The summed E-state index contributed by atoms with van der Waals surface area (Å²) in [5, 5.41) is 38.4. The number of carbonyl (C=O) groups is 1. The highest BCUT2D eigenvalue weighted by atomic mass is 16.5. The van der Waals surface area contributed by atoms with Gasteiger partial charge in [0, 0.05) is 11.5 Å². The van der Waals surface area contributed by atoms with E-state index in [0.717, 1.165) is 6.42 Å². The lowest BCUT2D eigenvalue weighted by Crippen LogP contribution is -2.33. The van der Waals surface area contributed by atoms with Crippen molar-refractivity contribution in [3.8, 4) is 0 Å². The number of benzene rings is 1. The fourth-order valence-corrected chi connectivity index (χ4v) is 2.21. The van der Waals surface area contributed by atoms with Crippen molar-refractivity contribution >= 4 is 5.97 Å². The lowest BCUT2D eigenvalue weighted by Gasteiger charge is -2.29. The summed E-state index contributed by atoms with van der Waals surface area (Å²) in [6.07, 6.45) is 1.51. The van der Waals surface area contributed by atoms with E-state index in [9.17, 15) is 15.0 Å². The zero-order valence-electron chi connectivity index (χ0n) is 11.8. The van der Waals surface area contributed by atoms with E-state index in [1.54, 1.807) is 6.92 Å². The van der Waals surface area contributed by atoms with Crippen LogP contribution in [0, 0.1) is 5.92 Å². The molecule has 1 aromatic carbocycles. The first-order valence-electron chi connectivity index (χ1n) is 6.73. The van der Waals surface area contributed by atoms with Crippen LogP contribution in [0.3, 0.4) is 0 Å². The van der Waals surface area contributed by atoms with Crippen LogP contribution in [0.25, 0.3) is 0 Å². The summed E-state index contributed by atoms with van der Waals surface area (Å²) in [6.45, 7) is 3.23. The molecule has 1 aromatic rings. The molecule has 20 heavy (non-hydrogen) atoms. The molecule has 0 aliphatic rings.